The van der Waals surface area contributed by atoms with E-state index in [1.54, 1.807) is 23.3 Å². The zero-order valence-electron chi connectivity index (χ0n) is 10.9. The maximum absolute atomic E-state index is 11.8. The highest BCUT2D eigenvalue weighted by Crippen LogP contribution is 2.25. The van der Waals surface area contributed by atoms with E-state index in [0.717, 1.165) is 0 Å². The average molecular weight is 373 g/mol. The van der Waals surface area contributed by atoms with Crippen molar-refractivity contribution < 1.29 is 13.2 Å². The monoisotopic (exact) mass is 372 g/mol. The van der Waals surface area contributed by atoms with Gasteiger partial charge in [-0.25, -0.2) is 18.5 Å². The molecule has 112 valence electrons. The quantitative estimate of drug-likeness (QED) is 0.824. The second-order valence-corrected chi connectivity index (χ2v) is 6.70. The van der Waals surface area contributed by atoms with Crippen LogP contribution in [0.15, 0.2) is 46.3 Å². The van der Waals surface area contributed by atoms with Crippen molar-refractivity contribution in [2.75, 3.05) is 5.32 Å². The van der Waals surface area contributed by atoms with Crippen LogP contribution in [-0.2, 0) is 21.4 Å². The van der Waals surface area contributed by atoms with E-state index in [-0.39, 0.29) is 17.2 Å². The Balaban J connectivity index is 2.01. The van der Waals surface area contributed by atoms with Crippen LogP contribution in [0.3, 0.4) is 0 Å². The van der Waals surface area contributed by atoms with Gasteiger partial charge in [0.25, 0.3) is 0 Å². The third-order valence-corrected chi connectivity index (χ3v) is 4.27. The Hall–Kier alpha value is -1.71. The molecule has 0 bridgehead atoms. The molecule has 0 saturated heterocycles. The summed E-state index contributed by atoms with van der Waals surface area (Å²) in [4.78, 5) is 15.7. The Morgan fingerprint density at radius 2 is 2.19 bits per heavy atom. The summed E-state index contributed by atoms with van der Waals surface area (Å²) in [6, 6.07) is 4.17. The summed E-state index contributed by atoms with van der Waals surface area (Å²) in [5.74, 6) is -0.187. The highest BCUT2D eigenvalue weighted by atomic mass is 79.9. The minimum absolute atomic E-state index is 0.0224. The number of carbonyl (C=O) groups is 1. The highest BCUT2D eigenvalue weighted by Gasteiger charge is 2.11. The molecule has 3 N–H and O–H groups in total. The third kappa shape index (κ3) is 4.38. The molecule has 0 spiro atoms. The molecule has 1 amide bonds. The average Bonchev–Trinajstić information content (AvgIpc) is 2.91. The number of nitrogens with one attached hydrogen (secondary N) is 1. The smallest absolute Gasteiger partial charge is 0.238 e. The van der Waals surface area contributed by atoms with Gasteiger partial charge >= 0.3 is 0 Å². The minimum Gasteiger partial charge on any atom is -0.337 e. The fourth-order valence-corrected chi connectivity index (χ4v) is 2.81. The fraction of sp³-hybridized carbons (Fsp3) is 0.167. The molecular formula is C12H13BrN4O3S. The lowest BCUT2D eigenvalue weighted by molar-refractivity contribution is -0.116. The van der Waals surface area contributed by atoms with Gasteiger partial charge in [0.05, 0.1) is 16.9 Å². The van der Waals surface area contributed by atoms with E-state index < -0.39 is 10.0 Å². The number of hydrogen-bond donors (Lipinski definition) is 2. The first-order valence-corrected chi connectivity index (χ1v) is 8.28. The highest BCUT2D eigenvalue weighted by molar-refractivity contribution is 9.10. The number of carbonyl (C=O) groups excluding carboxylic acids is 1. The summed E-state index contributed by atoms with van der Waals surface area (Å²) in [6.07, 6.45) is 5.31. The van der Waals surface area contributed by atoms with Gasteiger partial charge in [-0.3, -0.25) is 4.79 Å². The molecule has 0 aliphatic heterocycles. The van der Waals surface area contributed by atoms with Gasteiger partial charge < -0.3 is 9.88 Å². The number of imidazole rings is 1. The van der Waals surface area contributed by atoms with Crippen LogP contribution < -0.4 is 10.5 Å². The van der Waals surface area contributed by atoms with Crippen molar-refractivity contribution in [1.82, 2.24) is 9.55 Å². The van der Waals surface area contributed by atoms with Gasteiger partial charge in [0.1, 0.15) is 0 Å². The number of hydrogen-bond acceptors (Lipinski definition) is 4. The van der Waals surface area contributed by atoms with Crippen molar-refractivity contribution in [1.29, 1.82) is 0 Å². The molecule has 0 fully saturated rings. The Labute approximate surface area is 130 Å². The third-order valence-electron chi connectivity index (χ3n) is 2.70. The van der Waals surface area contributed by atoms with Gasteiger partial charge in [0.2, 0.25) is 15.9 Å². The van der Waals surface area contributed by atoms with E-state index >= 15 is 0 Å². The molecule has 1 aromatic carbocycles. The van der Waals surface area contributed by atoms with Crippen molar-refractivity contribution in [3.63, 3.8) is 0 Å². The van der Waals surface area contributed by atoms with E-state index in [9.17, 15) is 13.2 Å². The van der Waals surface area contributed by atoms with Crippen LogP contribution in [0.4, 0.5) is 5.69 Å². The van der Waals surface area contributed by atoms with Crippen LogP contribution in [0.5, 0.6) is 0 Å². The standard InChI is InChI=1S/C12H13BrN4O3S/c13-10-7-9(21(14,19)20)1-2-11(10)16-12(18)3-5-17-6-4-15-8-17/h1-2,4,6-8H,3,5H2,(H,16,18)(H2,14,19,20). The number of benzene rings is 1. The van der Waals surface area contributed by atoms with E-state index in [0.29, 0.717) is 16.7 Å². The summed E-state index contributed by atoms with van der Waals surface area (Å²) >= 11 is 3.21. The number of anilines is 1. The first kappa shape index (κ1) is 15.7. The van der Waals surface area contributed by atoms with Crippen LogP contribution in [-0.4, -0.2) is 23.9 Å². The van der Waals surface area contributed by atoms with Crippen molar-refractivity contribution in [2.45, 2.75) is 17.9 Å². The van der Waals surface area contributed by atoms with Gasteiger partial charge in [-0.05, 0) is 34.1 Å². The molecule has 0 saturated carbocycles. The molecule has 0 aliphatic rings. The predicted molar refractivity (Wildman–Crippen MR) is 81.0 cm³/mol. The number of amides is 1. The summed E-state index contributed by atoms with van der Waals surface area (Å²) in [6.45, 7) is 0.513. The first-order valence-electron chi connectivity index (χ1n) is 5.94. The Morgan fingerprint density at radius 1 is 1.43 bits per heavy atom. The largest absolute Gasteiger partial charge is 0.337 e. The summed E-state index contributed by atoms with van der Waals surface area (Å²) in [5, 5.41) is 7.73. The lowest BCUT2D eigenvalue weighted by atomic mass is 10.3. The Morgan fingerprint density at radius 3 is 2.76 bits per heavy atom. The van der Waals surface area contributed by atoms with Gasteiger partial charge in [0, 0.05) is 29.8 Å². The molecule has 7 nitrogen and oxygen atoms in total. The maximum Gasteiger partial charge on any atom is 0.238 e. The topological polar surface area (TPSA) is 107 Å². The molecule has 0 atom stereocenters. The molecule has 21 heavy (non-hydrogen) atoms. The molecule has 1 aromatic heterocycles. The molecular weight excluding hydrogens is 360 g/mol. The number of aromatic nitrogens is 2. The molecule has 0 aliphatic carbocycles. The Kier molecular flexibility index (Phi) is 4.76. The van der Waals surface area contributed by atoms with E-state index in [2.05, 4.69) is 26.2 Å². The number of sulfonamides is 1. The molecule has 2 rings (SSSR count). The predicted octanol–water partition coefficient (Wildman–Crippen LogP) is 1.32. The maximum atomic E-state index is 11.8. The molecule has 0 radical (unpaired) electrons. The van der Waals surface area contributed by atoms with Crippen molar-refractivity contribution in [2.24, 2.45) is 5.14 Å². The lowest BCUT2D eigenvalue weighted by Gasteiger charge is -2.09. The van der Waals surface area contributed by atoms with Gasteiger partial charge in [-0.2, -0.15) is 0 Å². The normalized spacial score (nSPS) is 11.3. The van der Waals surface area contributed by atoms with Crippen LogP contribution in [0, 0.1) is 0 Å². The number of aryl methyl sites for hydroxylation is 1. The number of nitrogens with zero attached hydrogens (tertiary/aromatic N) is 2. The molecule has 0 unspecified atom stereocenters. The molecule has 1 heterocycles. The first-order chi connectivity index (χ1) is 9.86. The zero-order valence-corrected chi connectivity index (χ0v) is 13.3. The van der Waals surface area contributed by atoms with Gasteiger partial charge in [-0.15, -0.1) is 0 Å². The fourth-order valence-electron chi connectivity index (χ4n) is 1.64. The van der Waals surface area contributed by atoms with Crippen LogP contribution in [0.25, 0.3) is 0 Å². The number of halogens is 1. The van der Waals surface area contributed by atoms with Gasteiger partial charge in [-0.1, -0.05) is 0 Å². The zero-order chi connectivity index (χ0) is 15.5. The molecule has 9 heteroatoms. The van der Waals surface area contributed by atoms with E-state index in [1.165, 1.54) is 18.2 Å². The molecule has 2 aromatic rings. The van der Waals surface area contributed by atoms with Crippen LogP contribution in [0.1, 0.15) is 6.42 Å². The van der Waals surface area contributed by atoms with Crippen molar-refractivity contribution in [3.05, 3.63) is 41.4 Å². The number of primary sulfonamides is 1. The van der Waals surface area contributed by atoms with Gasteiger partial charge in [0.15, 0.2) is 0 Å². The lowest BCUT2D eigenvalue weighted by Crippen LogP contribution is -2.15. The minimum atomic E-state index is -3.76. The number of rotatable bonds is 5. The summed E-state index contributed by atoms with van der Waals surface area (Å²) in [5.41, 5.74) is 0.484. The SMILES string of the molecule is NS(=O)(=O)c1ccc(NC(=O)CCn2ccnc2)c(Br)c1. The van der Waals surface area contributed by atoms with Crippen LogP contribution in [0.2, 0.25) is 0 Å². The second-order valence-electron chi connectivity index (χ2n) is 4.29. The van der Waals surface area contributed by atoms with Crippen molar-refractivity contribution in [3.8, 4) is 0 Å². The summed E-state index contributed by atoms with van der Waals surface area (Å²) < 4.78 is 24.7. The second kappa shape index (κ2) is 6.37. The van der Waals surface area contributed by atoms with E-state index in [4.69, 9.17) is 5.14 Å². The Bertz CT molecular complexity index is 744. The van der Waals surface area contributed by atoms with E-state index in [1.807, 2.05) is 0 Å². The van der Waals surface area contributed by atoms with Crippen LogP contribution >= 0.6 is 15.9 Å². The van der Waals surface area contributed by atoms with Crippen molar-refractivity contribution >= 4 is 37.5 Å². The summed E-state index contributed by atoms with van der Waals surface area (Å²) in [7, 11) is -3.76. The number of nitrogens with two attached hydrogens (primary N) is 1.